The summed E-state index contributed by atoms with van der Waals surface area (Å²) in [5.41, 5.74) is 4.25. The van der Waals surface area contributed by atoms with Crippen LogP contribution in [0.4, 0.5) is 13.2 Å². The summed E-state index contributed by atoms with van der Waals surface area (Å²) in [7, 11) is 0. The smallest absolute Gasteiger partial charge is 0.401 e. The minimum atomic E-state index is -4.46. The molecule has 0 amide bonds. The number of halogens is 3. The third-order valence-corrected chi connectivity index (χ3v) is 0.891. The molecular formula is C7H9F3N2. The topological polar surface area (TPSA) is 38.4 Å². The Labute approximate surface area is 68.3 Å². The summed E-state index contributed by atoms with van der Waals surface area (Å²) in [6.07, 6.45) is -2.89. The monoisotopic (exact) mass is 178 g/mol. The van der Waals surface area contributed by atoms with Gasteiger partial charge in [-0.3, -0.25) is 4.99 Å². The van der Waals surface area contributed by atoms with Gasteiger partial charge in [0, 0.05) is 11.9 Å². The fraction of sp³-hybridized carbons (Fsp3) is 0.286. The van der Waals surface area contributed by atoms with E-state index >= 15 is 0 Å². The standard InChI is InChI=1S/C7H9F3N2/c1-3-6(7(8,9)10)12-4-5(2)11/h3-4H,1,11H2,2H3/b5-4-,12-6+. The van der Waals surface area contributed by atoms with E-state index in [0.29, 0.717) is 6.08 Å². The predicted octanol–water partition coefficient (Wildman–Crippen LogP) is 2.00. The second-order valence-electron chi connectivity index (χ2n) is 2.09. The molecule has 0 spiro atoms. The lowest BCUT2D eigenvalue weighted by Crippen LogP contribution is -2.20. The Kier molecular flexibility index (Phi) is 3.53. The van der Waals surface area contributed by atoms with E-state index in [-0.39, 0.29) is 5.70 Å². The molecule has 0 unspecified atom stereocenters. The lowest BCUT2D eigenvalue weighted by molar-refractivity contribution is -0.0576. The number of nitrogens with two attached hydrogens (primary N) is 1. The number of aliphatic imine (C=N–C) groups is 1. The van der Waals surface area contributed by atoms with Gasteiger partial charge in [-0.15, -0.1) is 0 Å². The molecule has 0 aromatic rings. The first kappa shape index (κ1) is 10.7. The van der Waals surface area contributed by atoms with Gasteiger partial charge in [0.1, 0.15) is 5.71 Å². The zero-order chi connectivity index (χ0) is 9.78. The van der Waals surface area contributed by atoms with E-state index in [0.717, 1.165) is 6.20 Å². The van der Waals surface area contributed by atoms with Crippen molar-refractivity contribution in [1.82, 2.24) is 0 Å². The molecule has 0 aromatic carbocycles. The molecule has 0 rings (SSSR count). The van der Waals surface area contributed by atoms with Crippen LogP contribution >= 0.6 is 0 Å². The summed E-state index contributed by atoms with van der Waals surface area (Å²) >= 11 is 0. The van der Waals surface area contributed by atoms with Gasteiger partial charge in [0.25, 0.3) is 0 Å². The molecule has 68 valence electrons. The van der Waals surface area contributed by atoms with Gasteiger partial charge in [0.05, 0.1) is 0 Å². The van der Waals surface area contributed by atoms with E-state index in [1.54, 1.807) is 0 Å². The highest BCUT2D eigenvalue weighted by Gasteiger charge is 2.32. The van der Waals surface area contributed by atoms with Crippen LogP contribution in [0.15, 0.2) is 29.5 Å². The zero-order valence-corrected chi connectivity index (χ0v) is 6.52. The van der Waals surface area contributed by atoms with Gasteiger partial charge in [-0.25, -0.2) is 0 Å². The van der Waals surface area contributed by atoms with Gasteiger partial charge in [-0.2, -0.15) is 13.2 Å². The quantitative estimate of drug-likeness (QED) is 0.645. The van der Waals surface area contributed by atoms with E-state index in [1.807, 2.05) is 0 Å². The first-order valence-electron chi connectivity index (χ1n) is 3.07. The molecule has 2 nitrogen and oxygen atoms in total. The highest BCUT2D eigenvalue weighted by atomic mass is 19.4. The average Bonchev–Trinajstić information content (AvgIpc) is 1.85. The number of alkyl halides is 3. The van der Waals surface area contributed by atoms with E-state index in [2.05, 4.69) is 11.6 Å². The van der Waals surface area contributed by atoms with Crippen LogP contribution in [-0.2, 0) is 0 Å². The molecule has 0 fully saturated rings. The molecule has 0 aliphatic heterocycles. The van der Waals surface area contributed by atoms with Crippen molar-refractivity contribution in [2.45, 2.75) is 13.1 Å². The summed E-state index contributed by atoms with van der Waals surface area (Å²) in [6.45, 7) is 4.43. The van der Waals surface area contributed by atoms with Gasteiger partial charge in [-0.1, -0.05) is 6.58 Å². The molecule has 0 aliphatic rings. The molecule has 0 aromatic heterocycles. The van der Waals surface area contributed by atoms with Crippen molar-refractivity contribution in [3.8, 4) is 0 Å². The van der Waals surface area contributed by atoms with Gasteiger partial charge in [0.2, 0.25) is 0 Å². The highest BCUT2D eigenvalue weighted by Crippen LogP contribution is 2.17. The van der Waals surface area contributed by atoms with Crippen LogP contribution in [0.25, 0.3) is 0 Å². The van der Waals surface area contributed by atoms with Crippen LogP contribution < -0.4 is 5.73 Å². The van der Waals surface area contributed by atoms with E-state index < -0.39 is 11.9 Å². The van der Waals surface area contributed by atoms with Crippen LogP contribution in [0.1, 0.15) is 6.92 Å². The summed E-state index contributed by atoms with van der Waals surface area (Å²) in [6, 6.07) is 0. The molecule has 0 aliphatic carbocycles. The zero-order valence-electron chi connectivity index (χ0n) is 6.52. The van der Waals surface area contributed by atoms with Crippen LogP contribution in [0.3, 0.4) is 0 Å². The number of allylic oxidation sites excluding steroid dienone is 2. The van der Waals surface area contributed by atoms with Gasteiger partial charge in [0.15, 0.2) is 0 Å². The SMILES string of the molecule is C=C/C(=N\C=C(\C)N)C(F)(F)F. The Bertz CT molecular complexity index is 221. The third-order valence-electron chi connectivity index (χ3n) is 0.891. The van der Waals surface area contributed by atoms with Crippen molar-refractivity contribution in [2.75, 3.05) is 0 Å². The Morgan fingerprint density at radius 3 is 2.25 bits per heavy atom. The van der Waals surface area contributed by atoms with Crippen LogP contribution in [-0.4, -0.2) is 11.9 Å². The molecule has 0 saturated heterocycles. The van der Waals surface area contributed by atoms with Crippen molar-refractivity contribution < 1.29 is 13.2 Å². The number of nitrogens with zero attached hydrogens (tertiary/aromatic N) is 1. The third kappa shape index (κ3) is 3.80. The highest BCUT2D eigenvalue weighted by molar-refractivity contribution is 5.99. The Morgan fingerprint density at radius 2 is 2.00 bits per heavy atom. The van der Waals surface area contributed by atoms with Crippen LogP contribution in [0.2, 0.25) is 0 Å². The van der Waals surface area contributed by atoms with Crippen molar-refractivity contribution in [3.63, 3.8) is 0 Å². The Hall–Kier alpha value is -1.26. The molecule has 12 heavy (non-hydrogen) atoms. The summed E-state index contributed by atoms with van der Waals surface area (Å²) in [5, 5.41) is 0. The van der Waals surface area contributed by atoms with Crippen molar-refractivity contribution in [3.05, 3.63) is 24.6 Å². The molecule has 0 radical (unpaired) electrons. The molecule has 0 saturated carbocycles. The maximum atomic E-state index is 11.9. The minimum Gasteiger partial charge on any atom is -0.401 e. The first-order valence-corrected chi connectivity index (χ1v) is 3.07. The predicted molar refractivity (Wildman–Crippen MR) is 41.6 cm³/mol. The number of hydrogen-bond donors (Lipinski definition) is 1. The average molecular weight is 178 g/mol. The van der Waals surface area contributed by atoms with E-state index in [1.165, 1.54) is 6.92 Å². The minimum absolute atomic E-state index is 0.207. The molecular weight excluding hydrogens is 169 g/mol. The Balaban J connectivity index is 4.68. The fourth-order valence-electron chi connectivity index (χ4n) is 0.413. The molecule has 0 heterocycles. The number of hydrogen-bond acceptors (Lipinski definition) is 2. The first-order chi connectivity index (χ1) is 5.38. The van der Waals surface area contributed by atoms with E-state index in [4.69, 9.17) is 5.73 Å². The fourth-order valence-corrected chi connectivity index (χ4v) is 0.413. The number of rotatable bonds is 2. The maximum absolute atomic E-state index is 11.9. The normalized spacial score (nSPS) is 14.7. The Morgan fingerprint density at radius 1 is 1.50 bits per heavy atom. The molecule has 0 atom stereocenters. The van der Waals surface area contributed by atoms with Crippen molar-refractivity contribution in [1.29, 1.82) is 0 Å². The molecule has 0 bridgehead atoms. The largest absolute Gasteiger partial charge is 0.433 e. The van der Waals surface area contributed by atoms with Gasteiger partial charge >= 0.3 is 6.18 Å². The van der Waals surface area contributed by atoms with Crippen molar-refractivity contribution >= 4 is 5.71 Å². The summed E-state index contributed by atoms with van der Waals surface area (Å²) < 4.78 is 35.7. The van der Waals surface area contributed by atoms with Crippen LogP contribution in [0, 0.1) is 0 Å². The summed E-state index contributed by atoms with van der Waals surface area (Å²) in [5.74, 6) is 0. The second-order valence-corrected chi connectivity index (χ2v) is 2.09. The lowest BCUT2D eigenvalue weighted by atomic mass is 10.3. The van der Waals surface area contributed by atoms with E-state index in [9.17, 15) is 13.2 Å². The second kappa shape index (κ2) is 3.94. The maximum Gasteiger partial charge on any atom is 0.433 e. The van der Waals surface area contributed by atoms with Gasteiger partial charge in [-0.05, 0) is 13.0 Å². The summed E-state index contributed by atoms with van der Waals surface area (Å²) in [4.78, 5) is 3.10. The van der Waals surface area contributed by atoms with Crippen molar-refractivity contribution in [2.24, 2.45) is 10.7 Å². The lowest BCUT2D eigenvalue weighted by Gasteiger charge is -2.03. The molecule has 2 N–H and O–H groups in total. The van der Waals surface area contributed by atoms with Crippen LogP contribution in [0.5, 0.6) is 0 Å². The molecule has 5 heteroatoms. The van der Waals surface area contributed by atoms with Gasteiger partial charge < -0.3 is 5.73 Å².